The summed E-state index contributed by atoms with van der Waals surface area (Å²) in [7, 11) is 0. The SMILES string of the molecule is CCC1(C(=O)N[C@H](CC(C)C)C(=O)O)CCCC1. The molecule has 0 saturated heterocycles. The minimum absolute atomic E-state index is 0.0597. The Hall–Kier alpha value is -1.06. The Morgan fingerprint density at radius 3 is 2.22 bits per heavy atom. The molecule has 0 unspecified atom stereocenters. The molecule has 0 bridgehead atoms. The number of hydrogen-bond donors (Lipinski definition) is 2. The maximum Gasteiger partial charge on any atom is 0.326 e. The molecule has 18 heavy (non-hydrogen) atoms. The normalized spacial score (nSPS) is 19.8. The highest BCUT2D eigenvalue weighted by atomic mass is 16.4. The van der Waals surface area contributed by atoms with E-state index >= 15 is 0 Å². The van der Waals surface area contributed by atoms with E-state index < -0.39 is 12.0 Å². The van der Waals surface area contributed by atoms with Crippen molar-refractivity contribution < 1.29 is 14.7 Å². The number of amides is 1. The Kier molecular flexibility index (Phi) is 5.17. The van der Waals surface area contributed by atoms with Gasteiger partial charge in [0.25, 0.3) is 0 Å². The molecular formula is C14H25NO3. The van der Waals surface area contributed by atoms with E-state index in [9.17, 15) is 9.59 Å². The number of carbonyl (C=O) groups is 2. The van der Waals surface area contributed by atoms with Crippen LogP contribution in [0.3, 0.4) is 0 Å². The van der Waals surface area contributed by atoms with Crippen LogP contribution in [0.1, 0.15) is 59.3 Å². The molecule has 0 radical (unpaired) electrons. The molecule has 1 rings (SSSR count). The van der Waals surface area contributed by atoms with Gasteiger partial charge in [0.2, 0.25) is 5.91 Å². The topological polar surface area (TPSA) is 66.4 Å². The second-order valence-electron chi connectivity index (χ2n) is 5.83. The summed E-state index contributed by atoms with van der Waals surface area (Å²) in [6.45, 7) is 5.95. The van der Waals surface area contributed by atoms with Crippen LogP contribution in [-0.4, -0.2) is 23.0 Å². The number of carboxylic acids is 1. The lowest BCUT2D eigenvalue weighted by Gasteiger charge is -2.28. The zero-order chi connectivity index (χ0) is 13.8. The van der Waals surface area contributed by atoms with Crippen LogP contribution in [0.25, 0.3) is 0 Å². The molecule has 1 fully saturated rings. The summed E-state index contributed by atoms with van der Waals surface area (Å²) in [6.07, 6.45) is 5.22. The van der Waals surface area contributed by atoms with E-state index in [-0.39, 0.29) is 17.2 Å². The molecule has 1 aliphatic rings. The van der Waals surface area contributed by atoms with Gasteiger partial charge in [0, 0.05) is 5.41 Å². The van der Waals surface area contributed by atoms with Crippen LogP contribution in [-0.2, 0) is 9.59 Å². The zero-order valence-electron chi connectivity index (χ0n) is 11.7. The molecule has 0 aromatic rings. The van der Waals surface area contributed by atoms with Crippen molar-refractivity contribution in [2.24, 2.45) is 11.3 Å². The van der Waals surface area contributed by atoms with E-state index in [0.717, 1.165) is 32.1 Å². The van der Waals surface area contributed by atoms with Crippen molar-refractivity contribution in [1.82, 2.24) is 5.32 Å². The number of carboxylic acid groups (broad SMARTS) is 1. The van der Waals surface area contributed by atoms with Crippen LogP contribution in [0.4, 0.5) is 0 Å². The van der Waals surface area contributed by atoms with Crippen molar-refractivity contribution in [3.8, 4) is 0 Å². The van der Waals surface area contributed by atoms with E-state index in [1.54, 1.807) is 0 Å². The van der Waals surface area contributed by atoms with Crippen molar-refractivity contribution >= 4 is 11.9 Å². The fourth-order valence-electron chi connectivity index (χ4n) is 2.80. The number of nitrogens with one attached hydrogen (secondary N) is 1. The van der Waals surface area contributed by atoms with Gasteiger partial charge in [-0.3, -0.25) is 4.79 Å². The van der Waals surface area contributed by atoms with E-state index in [2.05, 4.69) is 5.32 Å². The van der Waals surface area contributed by atoms with Crippen LogP contribution in [0.15, 0.2) is 0 Å². The van der Waals surface area contributed by atoms with E-state index in [1.807, 2.05) is 20.8 Å². The molecule has 4 nitrogen and oxygen atoms in total. The molecule has 0 aromatic heterocycles. The molecule has 0 aromatic carbocycles. The van der Waals surface area contributed by atoms with Gasteiger partial charge in [-0.25, -0.2) is 4.79 Å². The second-order valence-corrected chi connectivity index (χ2v) is 5.83. The summed E-state index contributed by atoms with van der Waals surface area (Å²) in [5.41, 5.74) is -0.315. The summed E-state index contributed by atoms with van der Waals surface area (Å²) in [6, 6.07) is -0.749. The lowest BCUT2D eigenvalue weighted by molar-refractivity contribution is -0.144. The average molecular weight is 255 g/mol. The van der Waals surface area contributed by atoms with Gasteiger partial charge in [-0.05, 0) is 31.6 Å². The molecule has 2 N–H and O–H groups in total. The molecule has 104 valence electrons. The average Bonchev–Trinajstić information content (AvgIpc) is 2.77. The third kappa shape index (κ3) is 3.47. The zero-order valence-corrected chi connectivity index (χ0v) is 11.7. The number of aliphatic carboxylic acids is 1. The molecule has 0 aliphatic heterocycles. The quantitative estimate of drug-likeness (QED) is 0.766. The molecule has 1 aliphatic carbocycles. The second kappa shape index (κ2) is 6.21. The molecule has 0 heterocycles. The third-order valence-corrected chi connectivity index (χ3v) is 4.03. The predicted molar refractivity (Wildman–Crippen MR) is 70.2 cm³/mol. The van der Waals surface area contributed by atoms with Crippen molar-refractivity contribution in [3.63, 3.8) is 0 Å². The first kappa shape index (κ1) is 15.0. The van der Waals surface area contributed by atoms with E-state index in [4.69, 9.17) is 5.11 Å². The van der Waals surface area contributed by atoms with Crippen LogP contribution in [0, 0.1) is 11.3 Å². The summed E-state index contributed by atoms with van der Waals surface area (Å²) >= 11 is 0. The molecule has 1 saturated carbocycles. The standard InChI is InChI=1S/C14H25NO3/c1-4-14(7-5-6-8-14)13(18)15-11(12(16)17)9-10(2)3/h10-11H,4-9H2,1-3H3,(H,15,18)(H,16,17)/t11-/m1/s1. The van der Waals surface area contributed by atoms with Gasteiger partial charge in [0.15, 0.2) is 0 Å². The Balaban J connectivity index is 2.68. The van der Waals surface area contributed by atoms with Crippen LogP contribution >= 0.6 is 0 Å². The van der Waals surface area contributed by atoms with Crippen molar-refractivity contribution in [1.29, 1.82) is 0 Å². The minimum Gasteiger partial charge on any atom is -0.480 e. The van der Waals surface area contributed by atoms with Crippen molar-refractivity contribution in [2.45, 2.75) is 65.3 Å². The lowest BCUT2D eigenvalue weighted by Crippen LogP contribution is -2.48. The Morgan fingerprint density at radius 2 is 1.83 bits per heavy atom. The fourth-order valence-corrected chi connectivity index (χ4v) is 2.80. The minimum atomic E-state index is -0.929. The first-order valence-electron chi connectivity index (χ1n) is 6.95. The summed E-state index contributed by atoms with van der Waals surface area (Å²) in [5.74, 6) is -0.732. The summed E-state index contributed by atoms with van der Waals surface area (Å²) in [4.78, 5) is 23.5. The Labute approximate surface area is 109 Å². The molecular weight excluding hydrogens is 230 g/mol. The van der Waals surface area contributed by atoms with Crippen molar-refractivity contribution in [2.75, 3.05) is 0 Å². The molecule has 1 amide bonds. The largest absolute Gasteiger partial charge is 0.480 e. The monoisotopic (exact) mass is 255 g/mol. The van der Waals surface area contributed by atoms with Gasteiger partial charge in [0.05, 0.1) is 0 Å². The van der Waals surface area contributed by atoms with Crippen LogP contribution in [0.2, 0.25) is 0 Å². The van der Waals surface area contributed by atoms with Gasteiger partial charge < -0.3 is 10.4 Å². The Morgan fingerprint density at radius 1 is 1.28 bits per heavy atom. The fraction of sp³-hybridized carbons (Fsp3) is 0.857. The van der Waals surface area contributed by atoms with Crippen LogP contribution < -0.4 is 5.32 Å². The van der Waals surface area contributed by atoms with Gasteiger partial charge in [-0.15, -0.1) is 0 Å². The van der Waals surface area contributed by atoms with E-state index in [0.29, 0.717) is 6.42 Å². The van der Waals surface area contributed by atoms with Gasteiger partial charge in [-0.1, -0.05) is 33.6 Å². The Bertz CT molecular complexity index is 306. The summed E-state index contributed by atoms with van der Waals surface area (Å²) in [5, 5.41) is 11.9. The summed E-state index contributed by atoms with van der Waals surface area (Å²) < 4.78 is 0. The van der Waals surface area contributed by atoms with Crippen molar-refractivity contribution in [3.05, 3.63) is 0 Å². The number of hydrogen-bond acceptors (Lipinski definition) is 2. The first-order valence-corrected chi connectivity index (χ1v) is 6.95. The molecule has 1 atom stereocenters. The predicted octanol–water partition coefficient (Wildman–Crippen LogP) is 2.57. The maximum absolute atomic E-state index is 12.3. The number of rotatable bonds is 6. The lowest BCUT2D eigenvalue weighted by atomic mass is 9.82. The highest BCUT2D eigenvalue weighted by Crippen LogP contribution is 2.41. The highest BCUT2D eigenvalue weighted by Gasteiger charge is 2.40. The smallest absolute Gasteiger partial charge is 0.326 e. The van der Waals surface area contributed by atoms with Crippen LogP contribution in [0.5, 0.6) is 0 Å². The third-order valence-electron chi connectivity index (χ3n) is 4.03. The van der Waals surface area contributed by atoms with Gasteiger partial charge in [0.1, 0.15) is 6.04 Å². The molecule has 0 spiro atoms. The highest BCUT2D eigenvalue weighted by molar-refractivity contribution is 5.87. The maximum atomic E-state index is 12.3. The van der Waals surface area contributed by atoms with E-state index in [1.165, 1.54) is 0 Å². The van der Waals surface area contributed by atoms with Gasteiger partial charge >= 0.3 is 5.97 Å². The number of carbonyl (C=O) groups excluding carboxylic acids is 1. The first-order chi connectivity index (χ1) is 8.41. The van der Waals surface area contributed by atoms with Gasteiger partial charge in [-0.2, -0.15) is 0 Å². The molecule has 4 heteroatoms.